The fraction of sp³-hybridized carbons (Fsp3) is 0.100. The number of nitro groups is 1. The lowest BCUT2D eigenvalue weighted by Gasteiger charge is -2.02. The molecule has 0 fully saturated rings. The lowest BCUT2D eigenvalue weighted by atomic mass is 10.3. The third-order valence-corrected chi connectivity index (χ3v) is 3.67. The molecule has 0 atom stereocenters. The molecule has 19 heavy (non-hydrogen) atoms. The number of thiazole rings is 1. The van der Waals surface area contributed by atoms with Crippen molar-refractivity contribution in [1.82, 2.24) is 4.98 Å². The number of hydrogen-bond donors (Lipinski definition) is 1. The highest BCUT2D eigenvalue weighted by Crippen LogP contribution is 2.37. The molecule has 1 N–H and O–H groups in total. The van der Waals surface area contributed by atoms with Crippen molar-refractivity contribution in [2.24, 2.45) is 0 Å². The summed E-state index contributed by atoms with van der Waals surface area (Å²) in [5.41, 5.74) is -0.274. The van der Waals surface area contributed by atoms with Crippen molar-refractivity contribution in [3.63, 3.8) is 0 Å². The first kappa shape index (κ1) is 14.0. The Bertz CT molecular complexity index is 632. The predicted octanol–water partition coefficient (Wildman–Crippen LogP) is 3.64. The van der Waals surface area contributed by atoms with Crippen LogP contribution in [0.4, 0.5) is 5.69 Å². The highest BCUT2D eigenvalue weighted by Gasteiger charge is 2.18. The predicted molar refractivity (Wildman–Crippen MR) is 71.2 cm³/mol. The maximum atomic E-state index is 10.9. The molecule has 0 bridgehead atoms. The largest absolute Gasteiger partial charge is 0.423 e. The van der Waals surface area contributed by atoms with Crippen molar-refractivity contribution in [3.05, 3.63) is 43.4 Å². The van der Waals surface area contributed by atoms with E-state index in [-0.39, 0.29) is 33.4 Å². The number of aliphatic hydroxyl groups excluding tert-OH is 1. The molecular weight excluding hydrogens is 315 g/mol. The van der Waals surface area contributed by atoms with E-state index >= 15 is 0 Å². The summed E-state index contributed by atoms with van der Waals surface area (Å²) in [4.78, 5) is 14.5. The van der Waals surface area contributed by atoms with Crippen molar-refractivity contribution < 1.29 is 14.8 Å². The van der Waals surface area contributed by atoms with Crippen LogP contribution in [0.2, 0.25) is 10.2 Å². The van der Waals surface area contributed by atoms with Crippen molar-refractivity contribution in [2.75, 3.05) is 0 Å². The molecule has 2 rings (SSSR count). The Morgan fingerprint density at radius 3 is 2.79 bits per heavy atom. The maximum Gasteiger partial charge on any atom is 0.313 e. The fourth-order valence-electron chi connectivity index (χ4n) is 1.27. The molecule has 0 aliphatic rings. The van der Waals surface area contributed by atoms with Crippen LogP contribution in [-0.4, -0.2) is 15.0 Å². The third-order valence-electron chi connectivity index (χ3n) is 2.09. The van der Waals surface area contributed by atoms with Gasteiger partial charge >= 0.3 is 5.69 Å². The molecule has 6 nitrogen and oxygen atoms in total. The first-order chi connectivity index (χ1) is 9.01. The lowest BCUT2D eigenvalue weighted by molar-refractivity contribution is -0.385. The second kappa shape index (κ2) is 5.70. The molecule has 0 radical (unpaired) electrons. The molecule has 1 heterocycles. The van der Waals surface area contributed by atoms with Gasteiger partial charge in [-0.1, -0.05) is 34.5 Å². The number of hydrogen-bond acceptors (Lipinski definition) is 6. The van der Waals surface area contributed by atoms with Crippen LogP contribution in [0.3, 0.4) is 0 Å². The van der Waals surface area contributed by atoms with Gasteiger partial charge in [-0.15, -0.1) is 0 Å². The Morgan fingerprint density at radius 1 is 1.47 bits per heavy atom. The van der Waals surface area contributed by atoms with E-state index in [1.165, 1.54) is 18.2 Å². The molecule has 9 heteroatoms. The average molecular weight is 321 g/mol. The topological polar surface area (TPSA) is 85.5 Å². The summed E-state index contributed by atoms with van der Waals surface area (Å²) in [6.07, 6.45) is 0. The van der Waals surface area contributed by atoms with Gasteiger partial charge in [-0.05, 0) is 12.1 Å². The highest BCUT2D eigenvalue weighted by atomic mass is 35.5. The molecule has 0 spiro atoms. The number of ether oxygens (including phenoxy) is 1. The fourth-order valence-corrected chi connectivity index (χ4v) is 2.41. The highest BCUT2D eigenvalue weighted by molar-refractivity contribution is 7.13. The molecule has 0 saturated carbocycles. The normalized spacial score (nSPS) is 10.5. The van der Waals surface area contributed by atoms with Gasteiger partial charge < -0.3 is 9.84 Å². The zero-order valence-electron chi connectivity index (χ0n) is 9.17. The summed E-state index contributed by atoms with van der Waals surface area (Å²) in [6, 6.07) is 4.01. The van der Waals surface area contributed by atoms with Crippen LogP contribution >= 0.6 is 34.5 Å². The number of nitro benzene ring substituents is 1. The monoisotopic (exact) mass is 320 g/mol. The molecule has 0 aliphatic carbocycles. The first-order valence-corrected chi connectivity index (χ1v) is 6.46. The van der Waals surface area contributed by atoms with Crippen LogP contribution in [0.5, 0.6) is 10.9 Å². The molecule has 1 aromatic heterocycles. The quantitative estimate of drug-likeness (QED) is 0.686. The van der Waals surface area contributed by atoms with Crippen LogP contribution in [0.25, 0.3) is 0 Å². The van der Waals surface area contributed by atoms with Crippen molar-refractivity contribution in [1.29, 1.82) is 0 Å². The Morgan fingerprint density at radius 2 is 2.21 bits per heavy atom. The van der Waals surface area contributed by atoms with Gasteiger partial charge in [0.15, 0.2) is 0 Å². The van der Waals surface area contributed by atoms with E-state index in [4.69, 9.17) is 33.0 Å². The van der Waals surface area contributed by atoms with Crippen LogP contribution in [0.15, 0.2) is 18.2 Å². The molecule has 0 saturated heterocycles. The van der Waals surface area contributed by atoms with Gasteiger partial charge in [0, 0.05) is 11.1 Å². The van der Waals surface area contributed by atoms with Crippen molar-refractivity contribution >= 4 is 40.2 Å². The number of nitrogens with zero attached hydrogens (tertiary/aromatic N) is 2. The molecule has 0 amide bonds. The van der Waals surface area contributed by atoms with E-state index in [1.807, 2.05) is 0 Å². The zero-order valence-corrected chi connectivity index (χ0v) is 11.5. The van der Waals surface area contributed by atoms with Crippen LogP contribution in [0, 0.1) is 10.1 Å². The van der Waals surface area contributed by atoms with Crippen LogP contribution in [0.1, 0.15) is 4.88 Å². The van der Waals surface area contributed by atoms with Crippen molar-refractivity contribution in [2.45, 2.75) is 6.61 Å². The Labute approximate surface area is 121 Å². The summed E-state index contributed by atoms with van der Waals surface area (Å²) in [5.74, 6) is 0.00399. The first-order valence-electron chi connectivity index (χ1n) is 4.89. The SMILES string of the molecule is O=[N+]([O-])c1cc(Cl)ccc1Oc1nc(Cl)c(CO)s1. The lowest BCUT2D eigenvalue weighted by Crippen LogP contribution is -1.93. The zero-order chi connectivity index (χ0) is 14.0. The number of halogens is 2. The second-order valence-electron chi connectivity index (χ2n) is 3.32. The van der Waals surface area contributed by atoms with Gasteiger partial charge in [-0.3, -0.25) is 10.1 Å². The van der Waals surface area contributed by atoms with E-state index in [1.54, 1.807) is 0 Å². The number of rotatable bonds is 4. The average Bonchev–Trinajstić information content (AvgIpc) is 2.71. The Balaban J connectivity index is 2.34. The van der Waals surface area contributed by atoms with Crippen molar-refractivity contribution in [3.8, 4) is 10.9 Å². The number of aromatic nitrogens is 1. The van der Waals surface area contributed by atoms with Gasteiger partial charge in [-0.25, -0.2) is 0 Å². The summed E-state index contributed by atoms with van der Waals surface area (Å²) in [5, 5.41) is 20.3. The van der Waals surface area contributed by atoms with Gasteiger partial charge in [-0.2, -0.15) is 4.98 Å². The standard InChI is InChI=1S/C10H6Cl2N2O4S/c11-5-1-2-7(6(3-5)14(16)17)18-10-13-9(12)8(4-15)19-10/h1-3,15H,4H2. The number of aliphatic hydroxyl groups is 1. The second-order valence-corrected chi connectivity index (χ2v) is 5.16. The van der Waals surface area contributed by atoms with Crippen LogP contribution < -0.4 is 4.74 Å². The van der Waals surface area contributed by atoms with E-state index < -0.39 is 4.92 Å². The van der Waals surface area contributed by atoms with Gasteiger partial charge in [0.25, 0.3) is 5.19 Å². The minimum Gasteiger partial charge on any atom is -0.423 e. The molecule has 0 aliphatic heterocycles. The van der Waals surface area contributed by atoms with E-state index in [9.17, 15) is 10.1 Å². The third kappa shape index (κ3) is 3.13. The summed E-state index contributed by atoms with van der Waals surface area (Å²) < 4.78 is 5.30. The molecule has 0 unspecified atom stereocenters. The summed E-state index contributed by atoms with van der Waals surface area (Å²) >= 11 is 12.4. The smallest absolute Gasteiger partial charge is 0.313 e. The Kier molecular flexibility index (Phi) is 4.20. The minimum absolute atomic E-state index is 0.00399. The summed E-state index contributed by atoms with van der Waals surface area (Å²) in [6.45, 7) is -0.275. The molecule has 1 aromatic carbocycles. The maximum absolute atomic E-state index is 10.9. The molecule has 100 valence electrons. The van der Waals surface area contributed by atoms with Gasteiger partial charge in [0.2, 0.25) is 5.75 Å². The van der Waals surface area contributed by atoms with E-state index in [0.717, 1.165) is 11.3 Å². The van der Waals surface area contributed by atoms with Gasteiger partial charge in [0.1, 0.15) is 5.15 Å². The molecule has 2 aromatic rings. The Hall–Kier alpha value is -1.41. The molecular formula is C10H6Cl2N2O4S. The van der Waals surface area contributed by atoms with E-state index in [0.29, 0.717) is 4.88 Å². The van der Waals surface area contributed by atoms with Gasteiger partial charge in [0.05, 0.1) is 16.4 Å². The number of benzene rings is 1. The van der Waals surface area contributed by atoms with E-state index in [2.05, 4.69) is 4.98 Å². The van der Waals surface area contributed by atoms with Crippen LogP contribution in [-0.2, 0) is 6.61 Å². The minimum atomic E-state index is -0.608. The summed E-state index contributed by atoms with van der Waals surface area (Å²) in [7, 11) is 0.